The minimum atomic E-state index is -0.342. The molecule has 3 heteroatoms. The largest absolute Gasteiger partial charge is 0.388 e. The molecule has 2 unspecified atom stereocenters. The van der Waals surface area contributed by atoms with Crippen LogP contribution in [-0.4, -0.2) is 17.7 Å². The first-order valence-electron chi connectivity index (χ1n) is 4.92. The monoisotopic (exact) mass is 255 g/mol. The molecule has 2 nitrogen and oxygen atoms in total. The van der Waals surface area contributed by atoms with Crippen LogP contribution in [-0.2, 0) is 0 Å². The SMILES string of the molecule is OC(CC1CCN1)c1cccc(Br)c1. The van der Waals surface area contributed by atoms with Crippen LogP contribution in [0, 0.1) is 0 Å². The van der Waals surface area contributed by atoms with Crippen molar-refractivity contribution in [2.75, 3.05) is 6.54 Å². The first-order valence-corrected chi connectivity index (χ1v) is 5.72. The lowest BCUT2D eigenvalue weighted by atomic mass is 9.96. The second-order valence-corrected chi connectivity index (χ2v) is 4.66. The third-order valence-electron chi connectivity index (χ3n) is 2.67. The molecular weight excluding hydrogens is 242 g/mol. The molecule has 1 aromatic carbocycles. The van der Waals surface area contributed by atoms with Gasteiger partial charge in [0.05, 0.1) is 6.10 Å². The number of nitrogens with one attached hydrogen (secondary N) is 1. The van der Waals surface area contributed by atoms with E-state index < -0.39 is 0 Å². The van der Waals surface area contributed by atoms with E-state index in [0.717, 1.165) is 23.0 Å². The molecule has 2 rings (SSSR count). The molecular formula is C11H14BrNO. The number of hydrogen-bond donors (Lipinski definition) is 2. The molecule has 14 heavy (non-hydrogen) atoms. The number of benzene rings is 1. The van der Waals surface area contributed by atoms with Crippen molar-refractivity contribution in [1.82, 2.24) is 5.32 Å². The fourth-order valence-electron chi connectivity index (χ4n) is 1.67. The Balaban J connectivity index is 1.98. The van der Waals surface area contributed by atoms with E-state index in [2.05, 4.69) is 21.2 Å². The highest BCUT2D eigenvalue weighted by Gasteiger charge is 2.20. The van der Waals surface area contributed by atoms with Crippen molar-refractivity contribution >= 4 is 15.9 Å². The fraction of sp³-hybridized carbons (Fsp3) is 0.455. The van der Waals surface area contributed by atoms with Gasteiger partial charge in [-0.15, -0.1) is 0 Å². The van der Waals surface area contributed by atoms with Crippen molar-refractivity contribution < 1.29 is 5.11 Å². The maximum absolute atomic E-state index is 9.92. The van der Waals surface area contributed by atoms with Crippen LogP contribution >= 0.6 is 15.9 Å². The van der Waals surface area contributed by atoms with Gasteiger partial charge in [-0.05, 0) is 37.1 Å². The number of rotatable bonds is 3. The van der Waals surface area contributed by atoms with Gasteiger partial charge in [0.15, 0.2) is 0 Å². The molecule has 1 heterocycles. The van der Waals surface area contributed by atoms with Crippen molar-refractivity contribution in [3.8, 4) is 0 Å². The first kappa shape index (κ1) is 10.1. The van der Waals surface area contributed by atoms with E-state index in [1.165, 1.54) is 6.42 Å². The second-order valence-electron chi connectivity index (χ2n) is 3.75. The maximum Gasteiger partial charge on any atom is 0.0805 e. The Kier molecular flexibility index (Phi) is 3.21. The Bertz CT molecular complexity index is 312. The van der Waals surface area contributed by atoms with Gasteiger partial charge in [-0.1, -0.05) is 28.1 Å². The van der Waals surface area contributed by atoms with Crippen molar-refractivity contribution in [3.63, 3.8) is 0 Å². The molecule has 1 fully saturated rings. The van der Waals surface area contributed by atoms with Gasteiger partial charge in [0.25, 0.3) is 0 Å². The lowest BCUT2D eigenvalue weighted by Gasteiger charge is -2.29. The van der Waals surface area contributed by atoms with Gasteiger partial charge >= 0.3 is 0 Å². The van der Waals surface area contributed by atoms with Crippen LogP contribution in [0.1, 0.15) is 24.5 Å². The predicted molar refractivity (Wildman–Crippen MR) is 60.1 cm³/mol. The highest BCUT2D eigenvalue weighted by atomic mass is 79.9. The molecule has 0 aromatic heterocycles. The highest BCUT2D eigenvalue weighted by Crippen LogP contribution is 2.24. The van der Waals surface area contributed by atoms with Crippen LogP contribution < -0.4 is 5.32 Å². The summed E-state index contributed by atoms with van der Waals surface area (Å²) in [6, 6.07) is 8.37. The Morgan fingerprint density at radius 1 is 1.57 bits per heavy atom. The number of aliphatic hydroxyl groups excluding tert-OH is 1. The zero-order valence-corrected chi connectivity index (χ0v) is 9.50. The summed E-state index contributed by atoms with van der Waals surface area (Å²) in [5, 5.41) is 13.2. The predicted octanol–water partition coefficient (Wildman–Crippen LogP) is 2.23. The summed E-state index contributed by atoms with van der Waals surface area (Å²) in [5.74, 6) is 0. The Morgan fingerprint density at radius 3 is 2.93 bits per heavy atom. The van der Waals surface area contributed by atoms with Gasteiger partial charge in [-0.2, -0.15) is 0 Å². The molecule has 76 valence electrons. The normalized spacial score (nSPS) is 22.9. The smallest absolute Gasteiger partial charge is 0.0805 e. The van der Waals surface area contributed by atoms with Gasteiger partial charge in [-0.25, -0.2) is 0 Å². The van der Waals surface area contributed by atoms with Crippen LogP contribution in [0.25, 0.3) is 0 Å². The van der Waals surface area contributed by atoms with Gasteiger partial charge in [-0.3, -0.25) is 0 Å². The van der Waals surface area contributed by atoms with Crippen molar-refractivity contribution in [2.24, 2.45) is 0 Å². The quantitative estimate of drug-likeness (QED) is 0.869. The molecule has 1 aliphatic rings. The molecule has 1 aromatic rings. The van der Waals surface area contributed by atoms with E-state index in [1.807, 2.05) is 24.3 Å². The van der Waals surface area contributed by atoms with E-state index in [4.69, 9.17) is 0 Å². The molecule has 2 N–H and O–H groups in total. The molecule has 1 saturated heterocycles. The van der Waals surface area contributed by atoms with Gasteiger partial charge in [0, 0.05) is 10.5 Å². The van der Waals surface area contributed by atoms with E-state index in [-0.39, 0.29) is 6.10 Å². The fourth-order valence-corrected chi connectivity index (χ4v) is 2.09. The molecule has 2 atom stereocenters. The minimum Gasteiger partial charge on any atom is -0.388 e. The highest BCUT2D eigenvalue weighted by molar-refractivity contribution is 9.10. The van der Waals surface area contributed by atoms with E-state index in [1.54, 1.807) is 0 Å². The van der Waals surface area contributed by atoms with Crippen LogP contribution in [0.4, 0.5) is 0 Å². The van der Waals surface area contributed by atoms with Crippen LogP contribution in [0.2, 0.25) is 0 Å². The van der Waals surface area contributed by atoms with Gasteiger partial charge < -0.3 is 10.4 Å². The lowest BCUT2D eigenvalue weighted by molar-refractivity contribution is 0.136. The summed E-state index contributed by atoms with van der Waals surface area (Å²) < 4.78 is 1.02. The van der Waals surface area contributed by atoms with Crippen molar-refractivity contribution in [2.45, 2.75) is 25.0 Å². The van der Waals surface area contributed by atoms with Crippen LogP contribution in [0.3, 0.4) is 0 Å². The maximum atomic E-state index is 9.92. The molecule has 0 saturated carbocycles. The Labute approximate surface area is 92.5 Å². The standard InChI is InChI=1S/C11H14BrNO/c12-9-3-1-2-8(6-9)11(14)7-10-4-5-13-10/h1-3,6,10-11,13-14H,4-5,7H2. The summed E-state index contributed by atoms with van der Waals surface area (Å²) in [6.45, 7) is 1.09. The Morgan fingerprint density at radius 2 is 2.36 bits per heavy atom. The average Bonchev–Trinajstić information content (AvgIpc) is 2.11. The summed E-state index contributed by atoms with van der Waals surface area (Å²) in [5.41, 5.74) is 0.994. The van der Waals surface area contributed by atoms with Crippen molar-refractivity contribution in [1.29, 1.82) is 0 Å². The summed E-state index contributed by atoms with van der Waals surface area (Å²) in [4.78, 5) is 0. The molecule has 1 aliphatic heterocycles. The third-order valence-corrected chi connectivity index (χ3v) is 3.16. The van der Waals surface area contributed by atoms with Crippen LogP contribution in [0.15, 0.2) is 28.7 Å². The summed E-state index contributed by atoms with van der Waals surface area (Å²) in [7, 11) is 0. The molecule has 0 bridgehead atoms. The topological polar surface area (TPSA) is 32.3 Å². The molecule has 0 radical (unpaired) electrons. The third kappa shape index (κ3) is 2.35. The molecule has 0 spiro atoms. The van der Waals surface area contributed by atoms with Crippen LogP contribution in [0.5, 0.6) is 0 Å². The lowest BCUT2D eigenvalue weighted by Crippen LogP contribution is -2.43. The van der Waals surface area contributed by atoms with E-state index >= 15 is 0 Å². The Hall–Kier alpha value is -0.380. The average molecular weight is 256 g/mol. The minimum absolute atomic E-state index is 0.342. The number of hydrogen-bond acceptors (Lipinski definition) is 2. The summed E-state index contributed by atoms with van der Waals surface area (Å²) >= 11 is 3.40. The van der Waals surface area contributed by atoms with Gasteiger partial charge in [0.1, 0.15) is 0 Å². The summed E-state index contributed by atoms with van der Waals surface area (Å²) in [6.07, 6.45) is 1.66. The number of aliphatic hydroxyl groups is 1. The zero-order chi connectivity index (χ0) is 9.97. The number of halogens is 1. The molecule has 0 aliphatic carbocycles. The van der Waals surface area contributed by atoms with Crippen molar-refractivity contribution in [3.05, 3.63) is 34.3 Å². The zero-order valence-electron chi connectivity index (χ0n) is 7.91. The molecule has 0 amide bonds. The van der Waals surface area contributed by atoms with E-state index in [0.29, 0.717) is 6.04 Å². The van der Waals surface area contributed by atoms with Gasteiger partial charge in [0.2, 0.25) is 0 Å². The second kappa shape index (κ2) is 4.43. The van der Waals surface area contributed by atoms with E-state index in [9.17, 15) is 5.11 Å². The first-order chi connectivity index (χ1) is 6.75.